The van der Waals surface area contributed by atoms with E-state index < -0.39 is 0 Å². The average molecular weight is 357 g/mol. The number of benzene rings is 2. The maximum Gasteiger partial charge on any atom is 0.255 e. The Hall–Kier alpha value is -3.54. The van der Waals surface area contributed by atoms with Crippen LogP contribution in [0.15, 0.2) is 54.7 Å². The Bertz CT molecular complexity index is 1160. The van der Waals surface area contributed by atoms with Crippen LogP contribution < -0.4 is 5.32 Å². The third-order valence-electron chi connectivity index (χ3n) is 4.52. The number of aryl methyl sites for hydroxylation is 3. The summed E-state index contributed by atoms with van der Waals surface area (Å²) < 4.78 is 1.83. The summed E-state index contributed by atoms with van der Waals surface area (Å²) in [6.45, 7) is 5.83. The first-order valence-electron chi connectivity index (χ1n) is 8.69. The van der Waals surface area contributed by atoms with E-state index in [-0.39, 0.29) is 5.91 Å². The number of nitrogens with one attached hydrogen (secondary N) is 1. The fourth-order valence-corrected chi connectivity index (χ4v) is 2.93. The highest BCUT2D eigenvalue weighted by atomic mass is 16.1. The quantitative estimate of drug-likeness (QED) is 0.602. The van der Waals surface area contributed by atoms with Gasteiger partial charge in [0.15, 0.2) is 0 Å². The van der Waals surface area contributed by atoms with Gasteiger partial charge in [0, 0.05) is 23.1 Å². The van der Waals surface area contributed by atoms with Gasteiger partial charge in [-0.1, -0.05) is 6.07 Å². The van der Waals surface area contributed by atoms with E-state index in [4.69, 9.17) is 0 Å². The molecule has 6 nitrogen and oxygen atoms in total. The number of carbonyl (C=O) groups is 1. The first-order valence-corrected chi connectivity index (χ1v) is 8.69. The zero-order valence-corrected chi connectivity index (χ0v) is 15.4. The second-order valence-corrected chi connectivity index (χ2v) is 6.49. The van der Waals surface area contributed by atoms with Gasteiger partial charge in [-0.2, -0.15) is 5.10 Å². The van der Waals surface area contributed by atoms with Gasteiger partial charge in [-0.25, -0.2) is 14.6 Å². The highest BCUT2D eigenvalue weighted by Crippen LogP contribution is 2.18. The molecule has 1 amide bonds. The maximum atomic E-state index is 12.7. The monoisotopic (exact) mass is 357 g/mol. The Kier molecular flexibility index (Phi) is 4.16. The molecule has 0 unspecified atom stereocenters. The Morgan fingerprint density at radius 1 is 0.926 bits per heavy atom. The predicted molar refractivity (Wildman–Crippen MR) is 105 cm³/mol. The topological polar surface area (TPSA) is 72.7 Å². The van der Waals surface area contributed by atoms with Crippen molar-refractivity contribution in [2.24, 2.45) is 0 Å². The van der Waals surface area contributed by atoms with Crippen LogP contribution in [0.3, 0.4) is 0 Å². The maximum absolute atomic E-state index is 12.7. The highest BCUT2D eigenvalue weighted by molar-refractivity contribution is 6.06. The summed E-state index contributed by atoms with van der Waals surface area (Å²) in [6.07, 6.45) is 1.75. The molecule has 0 saturated heterocycles. The first-order chi connectivity index (χ1) is 13.0. The largest absolute Gasteiger partial charge is 0.322 e. The van der Waals surface area contributed by atoms with Gasteiger partial charge in [0.05, 0.1) is 28.1 Å². The van der Waals surface area contributed by atoms with E-state index in [2.05, 4.69) is 20.4 Å². The lowest BCUT2D eigenvalue weighted by Crippen LogP contribution is -2.12. The second-order valence-electron chi connectivity index (χ2n) is 6.49. The number of nitrogens with zero attached hydrogens (tertiary/aromatic N) is 4. The molecule has 0 radical (unpaired) electrons. The van der Waals surface area contributed by atoms with E-state index in [0.717, 1.165) is 28.3 Å². The van der Waals surface area contributed by atoms with E-state index in [9.17, 15) is 4.79 Å². The Morgan fingerprint density at radius 3 is 2.44 bits per heavy atom. The number of hydrogen-bond acceptors (Lipinski definition) is 4. The minimum Gasteiger partial charge on any atom is -0.322 e. The molecule has 2 aromatic carbocycles. The summed E-state index contributed by atoms with van der Waals surface area (Å²) in [5, 5.41) is 7.25. The van der Waals surface area contributed by atoms with Crippen molar-refractivity contribution in [1.82, 2.24) is 19.7 Å². The van der Waals surface area contributed by atoms with Gasteiger partial charge >= 0.3 is 0 Å². The van der Waals surface area contributed by atoms with Gasteiger partial charge in [0.25, 0.3) is 5.91 Å². The van der Waals surface area contributed by atoms with Crippen molar-refractivity contribution in [3.63, 3.8) is 0 Å². The SMILES string of the molecule is Cc1nc2ccc(C(=O)Nc3cccc(-n4nccc4C)c3)cc2nc1C. The van der Waals surface area contributed by atoms with Crippen molar-refractivity contribution >= 4 is 22.6 Å². The average Bonchev–Trinajstić information content (AvgIpc) is 3.08. The lowest BCUT2D eigenvalue weighted by atomic mass is 10.1. The van der Waals surface area contributed by atoms with E-state index in [1.165, 1.54) is 0 Å². The van der Waals surface area contributed by atoms with Gasteiger partial charge < -0.3 is 5.32 Å². The molecule has 0 bridgehead atoms. The van der Waals surface area contributed by atoms with Crippen LogP contribution in [0.1, 0.15) is 27.4 Å². The van der Waals surface area contributed by atoms with Crippen molar-refractivity contribution in [3.8, 4) is 5.69 Å². The summed E-state index contributed by atoms with van der Waals surface area (Å²) in [5.74, 6) is -0.189. The number of aromatic nitrogens is 4. The smallest absolute Gasteiger partial charge is 0.255 e. The molecule has 4 aromatic rings. The van der Waals surface area contributed by atoms with Crippen LogP contribution in [-0.2, 0) is 0 Å². The Morgan fingerprint density at radius 2 is 1.70 bits per heavy atom. The van der Waals surface area contributed by atoms with Crippen molar-refractivity contribution in [2.45, 2.75) is 20.8 Å². The third-order valence-corrected chi connectivity index (χ3v) is 4.52. The minimum absolute atomic E-state index is 0.189. The van der Waals surface area contributed by atoms with Crippen molar-refractivity contribution < 1.29 is 4.79 Å². The summed E-state index contributed by atoms with van der Waals surface area (Å²) in [7, 11) is 0. The van der Waals surface area contributed by atoms with E-state index in [1.807, 2.05) is 61.9 Å². The molecule has 4 rings (SSSR count). The van der Waals surface area contributed by atoms with E-state index in [0.29, 0.717) is 16.8 Å². The molecule has 2 heterocycles. The Balaban J connectivity index is 1.62. The molecular formula is C21H19N5O. The van der Waals surface area contributed by atoms with Gasteiger partial charge in [-0.05, 0) is 63.2 Å². The molecule has 134 valence electrons. The van der Waals surface area contributed by atoms with Crippen LogP contribution in [-0.4, -0.2) is 25.7 Å². The van der Waals surface area contributed by atoms with Crippen LogP contribution >= 0.6 is 0 Å². The number of amides is 1. The molecule has 0 spiro atoms. The minimum atomic E-state index is -0.189. The summed E-state index contributed by atoms with van der Waals surface area (Å²) in [5.41, 5.74) is 6.42. The molecule has 0 saturated carbocycles. The number of fused-ring (bicyclic) bond motifs is 1. The molecule has 6 heteroatoms. The molecule has 0 aliphatic heterocycles. The Labute approximate surface area is 156 Å². The van der Waals surface area contributed by atoms with Gasteiger partial charge in [-0.15, -0.1) is 0 Å². The van der Waals surface area contributed by atoms with Crippen molar-refractivity contribution in [1.29, 1.82) is 0 Å². The third kappa shape index (κ3) is 3.29. The molecule has 2 aromatic heterocycles. The van der Waals surface area contributed by atoms with Crippen LogP contribution in [0, 0.1) is 20.8 Å². The normalized spacial score (nSPS) is 10.9. The zero-order valence-electron chi connectivity index (χ0n) is 15.4. The number of hydrogen-bond donors (Lipinski definition) is 1. The van der Waals surface area contributed by atoms with Crippen LogP contribution in [0.2, 0.25) is 0 Å². The number of carbonyl (C=O) groups excluding carboxylic acids is 1. The van der Waals surface area contributed by atoms with Crippen molar-refractivity contribution in [3.05, 3.63) is 77.4 Å². The lowest BCUT2D eigenvalue weighted by molar-refractivity contribution is 0.102. The zero-order chi connectivity index (χ0) is 19.0. The fraction of sp³-hybridized carbons (Fsp3) is 0.143. The molecule has 0 aliphatic rings. The molecule has 1 N–H and O–H groups in total. The van der Waals surface area contributed by atoms with Gasteiger partial charge in [0.1, 0.15) is 0 Å². The number of anilines is 1. The summed E-state index contributed by atoms with van der Waals surface area (Å²) >= 11 is 0. The lowest BCUT2D eigenvalue weighted by Gasteiger charge is -2.09. The highest BCUT2D eigenvalue weighted by Gasteiger charge is 2.10. The molecular weight excluding hydrogens is 338 g/mol. The van der Waals surface area contributed by atoms with Crippen LogP contribution in [0.25, 0.3) is 16.7 Å². The molecule has 0 fully saturated rings. The molecule has 0 atom stereocenters. The van der Waals surface area contributed by atoms with E-state index >= 15 is 0 Å². The summed E-state index contributed by atoms with van der Waals surface area (Å²) in [4.78, 5) is 21.7. The number of rotatable bonds is 3. The van der Waals surface area contributed by atoms with Gasteiger partial charge in [0.2, 0.25) is 0 Å². The second kappa shape index (κ2) is 6.64. The van der Waals surface area contributed by atoms with Gasteiger partial charge in [-0.3, -0.25) is 4.79 Å². The predicted octanol–water partition coefficient (Wildman–Crippen LogP) is 3.99. The van der Waals surface area contributed by atoms with Crippen molar-refractivity contribution in [2.75, 3.05) is 5.32 Å². The summed E-state index contributed by atoms with van der Waals surface area (Å²) in [6, 6.07) is 14.9. The van der Waals surface area contributed by atoms with Crippen LogP contribution in [0.5, 0.6) is 0 Å². The first kappa shape index (κ1) is 16.9. The fourth-order valence-electron chi connectivity index (χ4n) is 2.93. The van der Waals surface area contributed by atoms with E-state index in [1.54, 1.807) is 18.3 Å². The molecule has 0 aliphatic carbocycles. The standard InChI is InChI=1S/C21H19N5O/c1-13-9-10-22-26(13)18-6-4-5-17(12-18)25-21(27)16-7-8-19-20(11-16)24-15(3)14(2)23-19/h4-12H,1-3H3,(H,25,27). The van der Waals surface area contributed by atoms with Crippen LogP contribution in [0.4, 0.5) is 5.69 Å². The molecule has 27 heavy (non-hydrogen) atoms.